The molecule has 5 nitrogen and oxygen atoms in total. The third kappa shape index (κ3) is 6.40. The smallest absolute Gasteiger partial charge is 0.315 e. The van der Waals surface area contributed by atoms with E-state index in [0.29, 0.717) is 6.42 Å². The molecule has 0 rings (SSSR count). The van der Waals surface area contributed by atoms with Gasteiger partial charge in [0.1, 0.15) is 5.60 Å². The molecule has 0 aliphatic rings. The lowest BCUT2D eigenvalue weighted by atomic mass is 10.0. The van der Waals surface area contributed by atoms with Crippen LogP contribution in [-0.4, -0.2) is 24.1 Å². The summed E-state index contributed by atoms with van der Waals surface area (Å²) < 4.78 is 5.02. The third-order valence-corrected chi connectivity index (χ3v) is 1.97. The minimum atomic E-state index is -1.36. The number of unbranched alkanes of at least 4 members (excludes halogenated alkanes) is 1. The number of rotatable bonds is 6. The lowest BCUT2D eigenvalue weighted by Gasteiger charge is -2.24. The summed E-state index contributed by atoms with van der Waals surface area (Å²) in [6.45, 7) is 5.84. The standard InChI is InChI=1S/C11H21NO4/c1-11(2,3)16-10(15)8(9(13)14)6-4-5-7-12/h8H,4-7,12H2,1-3H3,(H,13,14)/t8-/m1/s1. The zero-order chi connectivity index (χ0) is 12.8. The largest absolute Gasteiger partial charge is 0.549 e. The van der Waals surface area contributed by atoms with Crippen LogP contribution in [0.15, 0.2) is 0 Å². The molecule has 16 heavy (non-hydrogen) atoms. The zero-order valence-corrected chi connectivity index (χ0v) is 10.2. The van der Waals surface area contributed by atoms with Gasteiger partial charge in [0.2, 0.25) is 0 Å². The maximum absolute atomic E-state index is 11.5. The highest BCUT2D eigenvalue weighted by molar-refractivity contribution is 5.93. The molecular formula is C11H21NO4. The van der Waals surface area contributed by atoms with Crippen molar-refractivity contribution in [1.29, 1.82) is 0 Å². The summed E-state index contributed by atoms with van der Waals surface area (Å²) in [4.78, 5) is 22.3. The van der Waals surface area contributed by atoms with Gasteiger partial charge >= 0.3 is 5.97 Å². The second-order valence-corrected chi connectivity index (χ2v) is 4.75. The molecule has 0 saturated heterocycles. The van der Waals surface area contributed by atoms with Gasteiger partial charge in [-0.3, -0.25) is 4.79 Å². The van der Waals surface area contributed by atoms with Crippen LogP contribution < -0.4 is 10.8 Å². The van der Waals surface area contributed by atoms with Crippen LogP contribution in [0.3, 0.4) is 0 Å². The number of carboxylic acid groups (broad SMARTS) is 1. The average molecular weight is 231 g/mol. The number of hydrogen-bond acceptors (Lipinski definition) is 4. The van der Waals surface area contributed by atoms with Crippen molar-refractivity contribution in [3.05, 3.63) is 0 Å². The third-order valence-electron chi connectivity index (χ3n) is 1.97. The Bertz CT molecular complexity index is 245. The first-order valence-electron chi connectivity index (χ1n) is 5.51. The van der Waals surface area contributed by atoms with Crippen molar-refractivity contribution in [2.24, 2.45) is 5.92 Å². The lowest BCUT2D eigenvalue weighted by molar-refractivity contribution is -0.368. The highest BCUT2D eigenvalue weighted by Gasteiger charge is 2.25. The molecule has 0 heterocycles. The molecule has 0 aliphatic heterocycles. The molecule has 0 saturated carbocycles. The van der Waals surface area contributed by atoms with Crippen LogP contribution in [0.25, 0.3) is 0 Å². The van der Waals surface area contributed by atoms with Crippen LogP contribution in [0.4, 0.5) is 0 Å². The molecule has 3 N–H and O–H groups in total. The van der Waals surface area contributed by atoms with Gasteiger partial charge in [0.15, 0.2) is 0 Å². The predicted molar refractivity (Wildman–Crippen MR) is 55.9 cm³/mol. The van der Waals surface area contributed by atoms with Crippen molar-refractivity contribution in [2.45, 2.75) is 45.6 Å². The van der Waals surface area contributed by atoms with Gasteiger partial charge in [-0.2, -0.15) is 0 Å². The highest BCUT2D eigenvalue weighted by Crippen LogP contribution is 2.15. The highest BCUT2D eigenvalue weighted by atomic mass is 16.6. The fourth-order valence-corrected chi connectivity index (χ4v) is 1.23. The summed E-state index contributed by atoms with van der Waals surface area (Å²) in [6.07, 6.45) is 1.70. The van der Waals surface area contributed by atoms with Gasteiger partial charge in [-0.25, -0.2) is 0 Å². The van der Waals surface area contributed by atoms with Gasteiger partial charge < -0.3 is 20.4 Å². The molecule has 0 radical (unpaired) electrons. The first kappa shape index (κ1) is 14.9. The average Bonchev–Trinajstić information content (AvgIpc) is 2.08. The van der Waals surface area contributed by atoms with Crippen LogP contribution in [0, 0.1) is 5.92 Å². The molecule has 0 aliphatic carbocycles. The van der Waals surface area contributed by atoms with E-state index in [1.807, 2.05) is 0 Å². The Morgan fingerprint density at radius 2 is 1.88 bits per heavy atom. The van der Waals surface area contributed by atoms with Gasteiger partial charge in [0.25, 0.3) is 0 Å². The predicted octanol–water partition coefficient (Wildman–Crippen LogP) is -0.894. The van der Waals surface area contributed by atoms with Crippen molar-refractivity contribution in [3.63, 3.8) is 0 Å². The Balaban J connectivity index is 4.31. The maximum Gasteiger partial charge on any atom is 0.315 e. The summed E-state index contributed by atoms with van der Waals surface area (Å²) in [5, 5.41) is 10.8. The van der Waals surface area contributed by atoms with E-state index in [9.17, 15) is 14.7 Å². The van der Waals surface area contributed by atoms with Crippen LogP contribution in [0.1, 0.15) is 40.0 Å². The molecule has 0 aromatic rings. The maximum atomic E-state index is 11.5. The summed E-state index contributed by atoms with van der Waals surface area (Å²) in [5.74, 6) is -3.24. The van der Waals surface area contributed by atoms with E-state index < -0.39 is 23.5 Å². The van der Waals surface area contributed by atoms with Crippen molar-refractivity contribution >= 4 is 11.9 Å². The van der Waals surface area contributed by atoms with Crippen LogP contribution >= 0.6 is 0 Å². The van der Waals surface area contributed by atoms with Gasteiger partial charge in [-0.15, -0.1) is 0 Å². The number of carboxylic acids is 1. The summed E-state index contributed by atoms with van der Waals surface area (Å²) in [6, 6.07) is 0. The normalized spacial score (nSPS) is 13.2. The molecule has 0 aromatic carbocycles. The first-order chi connectivity index (χ1) is 7.28. The van der Waals surface area contributed by atoms with Crippen LogP contribution in [0.5, 0.6) is 0 Å². The van der Waals surface area contributed by atoms with Gasteiger partial charge in [0, 0.05) is 0 Å². The fourth-order valence-electron chi connectivity index (χ4n) is 1.23. The first-order valence-corrected chi connectivity index (χ1v) is 5.51. The van der Waals surface area contributed by atoms with E-state index in [-0.39, 0.29) is 6.42 Å². The molecule has 0 bridgehead atoms. The molecule has 0 fully saturated rings. The van der Waals surface area contributed by atoms with Gasteiger partial charge in [-0.05, 0) is 40.0 Å². The van der Waals surface area contributed by atoms with E-state index in [0.717, 1.165) is 13.0 Å². The number of ether oxygens (including phenoxy) is 1. The second kappa shape index (κ2) is 6.48. The van der Waals surface area contributed by atoms with Crippen molar-refractivity contribution < 1.29 is 25.2 Å². The number of carbonyl (C=O) groups excluding carboxylic acids is 2. The van der Waals surface area contributed by atoms with E-state index in [1.165, 1.54) is 0 Å². The molecule has 94 valence electrons. The summed E-state index contributed by atoms with van der Waals surface area (Å²) in [7, 11) is 0. The van der Waals surface area contributed by atoms with E-state index in [2.05, 4.69) is 5.73 Å². The quantitative estimate of drug-likeness (QED) is 0.364. The zero-order valence-electron chi connectivity index (χ0n) is 10.2. The van der Waals surface area contributed by atoms with E-state index in [4.69, 9.17) is 4.74 Å². The number of quaternary nitrogens is 1. The van der Waals surface area contributed by atoms with Crippen molar-refractivity contribution in [1.82, 2.24) is 0 Å². The second-order valence-electron chi connectivity index (χ2n) is 4.75. The van der Waals surface area contributed by atoms with E-state index in [1.54, 1.807) is 20.8 Å². The molecule has 5 heteroatoms. The molecule has 0 aromatic heterocycles. The molecule has 1 atom stereocenters. The molecule has 0 unspecified atom stereocenters. The Kier molecular flexibility index (Phi) is 6.03. The topological polar surface area (TPSA) is 94.1 Å². The summed E-state index contributed by atoms with van der Waals surface area (Å²) >= 11 is 0. The van der Waals surface area contributed by atoms with Crippen molar-refractivity contribution in [2.75, 3.05) is 6.54 Å². The monoisotopic (exact) mass is 231 g/mol. The lowest BCUT2D eigenvalue weighted by Crippen LogP contribution is -2.50. The molecular weight excluding hydrogens is 210 g/mol. The van der Waals surface area contributed by atoms with E-state index >= 15 is 0 Å². The Hall–Kier alpha value is -1.10. The fraction of sp³-hybridized carbons (Fsp3) is 0.818. The van der Waals surface area contributed by atoms with Gasteiger partial charge in [0.05, 0.1) is 18.4 Å². The summed E-state index contributed by atoms with van der Waals surface area (Å²) in [5.41, 5.74) is 2.98. The minimum absolute atomic E-state index is 0.257. The molecule has 0 amide bonds. The number of esters is 1. The Labute approximate surface area is 96.0 Å². The van der Waals surface area contributed by atoms with Crippen LogP contribution in [-0.2, 0) is 14.3 Å². The Morgan fingerprint density at radius 1 is 1.31 bits per heavy atom. The SMILES string of the molecule is CC(C)(C)OC(=O)[C@H](CCCC[NH3+])C(=O)[O-]. The molecule has 0 spiro atoms. The number of hydrogen-bond donors (Lipinski definition) is 1. The van der Waals surface area contributed by atoms with Crippen molar-refractivity contribution in [3.8, 4) is 0 Å². The van der Waals surface area contributed by atoms with Crippen LogP contribution in [0.2, 0.25) is 0 Å². The Morgan fingerprint density at radius 3 is 2.25 bits per heavy atom. The number of aliphatic carboxylic acids is 1. The minimum Gasteiger partial charge on any atom is -0.549 e. The van der Waals surface area contributed by atoms with Gasteiger partial charge in [-0.1, -0.05) is 0 Å². The number of carbonyl (C=O) groups is 2.